The van der Waals surface area contributed by atoms with Crippen LogP contribution in [0.5, 0.6) is 11.5 Å². The van der Waals surface area contributed by atoms with Gasteiger partial charge in [0, 0.05) is 63.2 Å². The summed E-state index contributed by atoms with van der Waals surface area (Å²) in [4.78, 5) is 9.82. The molecule has 1 aliphatic rings. The van der Waals surface area contributed by atoms with E-state index in [0.29, 0.717) is 6.67 Å². The molecule has 0 saturated heterocycles. The maximum absolute atomic E-state index is 6.99. The number of benzene rings is 6. The Balaban J connectivity index is 1.13. The minimum atomic E-state index is -0.214. The van der Waals surface area contributed by atoms with Crippen LogP contribution in [0.1, 0.15) is 98.4 Å². The van der Waals surface area contributed by atoms with Crippen LogP contribution in [0.3, 0.4) is 0 Å². The van der Waals surface area contributed by atoms with E-state index >= 15 is 0 Å². The number of pyridine rings is 1. The zero-order valence-electron chi connectivity index (χ0n) is 39.5. The van der Waals surface area contributed by atoms with Crippen LogP contribution in [-0.2, 0) is 16.2 Å². The largest absolute Gasteiger partial charge is 0.457 e. The van der Waals surface area contributed by atoms with Crippen molar-refractivity contribution >= 4 is 33.2 Å². The highest BCUT2D eigenvalue weighted by molar-refractivity contribution is 6.09. The average Bonchev–Trinajstić information content (AvgIpc) is 3.87. The topological polar surface area (TPSA) is 33.5 Å². The molecular formula is C59H62N4O. The summed E-state index contributed by atoms with van der Waals surface area (Å²) in [6, 6.07) is 55.0. The molecule has 324 valence electrons. The Bertz CT molecular complexity index is 3030. The molecule has 0 spiro atoms. The number of allylic oxidation sites excluding steroid dienone is 1. The summed E-state index contributed by atoms with van der Waals surface area (Å²) in [5.74, 6) is 2.49. The lowest BCUT2D eigenvalue weighted by atomic mass is 9.77. The fourth-order valence-electron chi connectivity index (χ4n) is 9.05. The lowest BCUT2D eigenvalue weighted by molar-refractivity contribution is 0.477. The Morgan fingerprint density at radius 2 is 1.12 bits per heavy atom. The van der Waals surface area contributed by atoms with E-state index in [1.54, 1.807) is 0 Å². The second-order valence-corrected chi connectivity index (χ2v) is 21.2. The lowest BCUT2D eigenvalue weighted by Crippen LogP contribution is -2.31. The summed E-state index contributed by atoms with van der Waals surface area (Å²) in [5.41, 5.74) is 12.6. The van der Waals surface area contributed by atoms with Gasteiger partial charge in [-0.3, -0.25) is 4.57 Å². The highest BCUT2D eigenvalue weighted by Gasteiger charge is 2.34. The molecule has 3 heterocycles. The molecule has 0 N–H and O–H groups in total. The average molecular weight is 843 g/mol. The van der Waals surface area contributed by atoms with Gasteiger partial charge in [0.2, 0.25) is 0 Å². The molecule has 0 aliphatic carbocycles. The van der Waals surface area contributed by atoms with Gasteiger partial charge in [0.25, 0.3) is 0 Å². The highest BCUT2D eigenvalue weighted by Crippen LogP contribution is 2.44. The SMILES string of the molecule is CC(C)(C)C1=CN(c2cc(-c3ccccc3)cc(C(C)(C)c3ccccc3)c2)CN1c1cc(Oc2ccc3c4ccccc4n(-c4cc(C(C)(C)C)ccn4)c3c2)cc(C(C)(C)C)c1. The third kappa shape index (κ3) is 8.20. The predicted octanol–water partition coefficient (Wildman–Crippen LogP) is 15.7. The van der Waals surface area contributed by atoms with Crippen molar-refractivity contribution in [2.24, 2.45) is 5.41 Å². The second-order valence-electron chi connectivity index (χ2n) is 21.2. The molecule has 0 bridgehead atoms. The van der Waals surface area contributed by atoms with Crippen molar-refractivity contribution < 1.29 is 4.74 Å². The van der Waals surface area contributed by atoms with Crippen molar-refractivity contribution in [2.45, 2.75) is 92.4 Å². The number of hydrogen-bond acceptors (Lipinski definition) is 4. The molecule has 0 unspecified atom stereocenters. The van der Waals surface area contributed by atoms with Crippen LogP contribution in [-0.4, -0.2) is 16.2 Å². The van der Waals surface area contributed by atoms with Gasteiger partial charge < -0.3 is 14.5 Å². The zero-order valence-corrected chi connectivity index (χ0v) is 39.5. The van der Waals surface area contributed by atoms with Gasteiger partial charge in [-0.1, -0.05) is 161 Å². The van der Waals surface area contributed by atoms with E-state index in [-0.39, 0.29) is 21.7 Å². The number of fused-ring (bicyclic) bond motifs is 3. The second kappa shape index (κ2) is 15.9. The first-order valence-electron chi connectivity index (χ1n) is 22.7. The Kier molecular flexibility index (Phi) is 10.6. The molecule has 0 amide bonds. The van der Waals surface area contributed by atoms with E-state index in [0.717, 1.165) is 34.0 Å². The fraction of sp³-hybridized carbons (Fsp3) is 0.271. The van der Waals surface area contributed by atoms with Gasteiger partial charge in [0.05, 0.1) is 17.7 Å². The van der Waals surface area contributed by atoms with E-state index in [1.807, 2.05) is 6.20 Å². The minimum absolute atomic E-state index is 0.0106. The first-order valence-corrected chi connectivity index (χ1v) is 22.7. The van der Waals surface area contributed by atoms with E-state index < -0.39 is 0 Å². The molecule has 64 heavy (non-hydrogen) atoms. The fourth-order valence-corrected chi connectivity index (χ4v) is 9.05. The van der Waals surface area contributed by atoms with Gasteiger partial charge in [0.15, 0.2) is 0 Å². The Morgan fingerprint density at radius 3 is 1.83 bits per heavy atom. The van der Waals surface area contributed by atoms with Crippen molar-refractivity contribution in [1.82, 2.24) is 9.55 Å². The van der Waals surface area contributed by atoms with Crippen molar-refractivity contribution in [3.05, 3.63) is 192 Å². The summed E-state index contributed by atoms with van der Waals surface area (Å²) in [5, 5.41) is 2.35. The van der Waals surface area contributed by atoms with Crippen LogP contribution >= 0.6 is 0 Å². The third-order valence-corrected chi connectivity index (χ3v) is 13.0. The van der Waals surface area contributed by atoms with Gasteiger partial charge in [-0.25, -0.2) is 4.98 Å². The summed E-state index contributed by atoms with van der Waals surface area (Å²) in [6.45, 7) is 25.8. The number of ether oxygens (including phenoxy) is 1. The standard InChI is InChI=1S/C59H62N4O/c1-56(2,3)43-28-29-60-55(35-43)63-52-25-19-18-24-50(52)51-27-26-48(37-53(51)63)64-49-34-44(57(4,5)6)32-47(36-49)62-39-61(38-54(62)58(7,8)9)46-31-41(40-20-14-12-15-21-40)30-45(33-46)59(10,11)42-22-16-13-17-23-42/h12-38H,39H2,1-11H3. The molecule has 0 atom stereocenters. The van der Waals surface area contributed by atoms with Crippen LogP contribution in [0.4, 0.5) is 11.4 Å². The molecule has 5 nitrogen and oxygen atoms in total. The number of anilines is 2. The summed E-state index contributed by atoms with van der Waals surface area (Å²) in [7, 11) is 0. The summed E-state index contributed by atoms with van der Waals surface area (Å²) in [6.07, 6.45) is 4.30. The molecule has 9 rings (SSSR count). The molecular weight excluding hydrogens is 781 g/mol. The Labute approximate surface area is 380 Å². The van der Waals surface area contributed by atoms with Crippen molar-refractivity contribution in [3.63, 3.8) is 0 Å². The van der Waals surface area contributed by atoms with Crippen LogP contribution in [0.2, 0.25) is 0 Å². The van der Waals surface area contributed by atoms with Gasteiger partial charge in [-0.05, 0) is 98.8 Å². The van der Waals surface area contributed by atoms with Crippen molar-refractivity contribution in [1.29, 1.82) is 0 Å². The first kappa shape index (κ1) is 42.7. The first-order chi connectivity index (χ1) is 30.3. The predicted molar refractivity (Wildman–Crippen MR) is 270 cm³/mol. The quantitative estimate of drug-likeness (QED) is 0.153. The Morgan fingerprint density at radius 1 is 0.469 bits per heavy atom. The van der Waals surface area contributed by atoms with Gasteiger partial charge in [-0.2, -0.15) is 0 Å². The molecule has 1 aliphatic heterocycles. The lowest BCUT2D eigenvalue weighted by Gasteiger charge is -2.32. The molecule has 5 heteroatoms. The van der Waals surface area contributed by atoms with Gasteiger partial charge in [-0.15, -0.1) is 0 Å². The maximum atomic E-state index is 6.99. The maximum Gasteiger partial charge on any atom is 0.137 e. The van der Waals surface area contributed by atoms with Gasteiger partial charge >= 0.3 is 0 Å². The summed E-state index contributed by atoms with van der Waals surface area (Å²) >= 11 is 0. The van der Waals surface area contributed by atoms with Crippen molar-refractivity contribution in [2.75, 3.05) is 16.5 Å². The van der Waals surface area contributed by atoms with E-state index in [2.05, 4.69) is 248 Å². The Hall–Kier alpha value is -6.59. The smallest absolute Gasteiger partial charge is 0.137 e. The van der Waals surface area contributed by atoms with Crippen LogP contribution in [0.25, 0.3) is 38.8 Å². The number of para-hydroxylation sites is 1. The van der Waals surface area contributed by atoms with Crippen LogP contribution in [0, 0.1) is 5.41 Å². The molecule has 0 fully saturated rings. The molecule has 0 radical (unpaired) electrons. The number of nitrogens with zero attached hydrogens (tertiary/aromatic N) is 4. The molecule has 2 aromatic heterocycles. The van der Waals surface area contributed by atoms with E-state index in [4.69, 9.17) is 9.72 Å². The monoisotopic (exact) mass is 842 g/mol. The third-order valence-electron chi connectivity index (χ3n) is 13.0. The molecule has 6 aromatic carbocycles. The van der Waals surface area contributed by atoms with E-state index in [9.17, 15) is 0 Å². The molecule has 8 aromatic rings. The number of aromatic nitrogens is 2. The molecule has 0 saturated carbocycles. The highest BCUT2D eigenvalue weighted by atomic mass is 16.5. The van der Waals surface area contributed by atoms with E-state index in [1.165, 1.54) is 55.5 Å². The van der Waals surface area contributed by atoms with Crippen molar-refractivity contribution in [3.8, 4) is 28.4 Å². The van der Waals surface area contributed by atoms with Gasteiger partial charge in [0.1, 0.15) is 17.3 Å². The van der Waals surface area contributed by atoms with Crippen LogP contribution < -0.4 is 14.5 Å². The number of hydrogen-bond donors (Lipinski definition) is 0. The normalized spacial score (nSPS) is 13.8. The number of rotatable bonds is 8. The minimum Gasteiger partial charge on any atom is -0.457 e. The van der Waals surface area contributed by atoms with Crippen LogP contribution in [0.15, 0.2) is 170 Å². The summed E-state index contributed by atoms with van der Waals surface area (Å²) < 4.78 is 9.27. The zero-order chi connectivity index (χ0) is 45.2.